The van der Waals surface area contributed by atoms with E-state index in [9.17, 15) is 10.1 Å². The van der Waals surface area contributed by atoms with Crippen molar-refractivity contribution in [3.05, 3.63) is 34.4 Å². The monoisotopic (exact) mass is 249 g/mol. The normalized spacial score (nSPS) is 18.3. The first-order valence-electron chi connectivity index (χ1n) is 6.28. The summed E-state index contributed by atoms with van der Waals surface area (Å²) in [5, 5.41) is 17.3. The lowest BCUT2D eigenvalue weighted by Crippen LogP contribution is -2.39. The lowest BCUT2D eigenvalue weighted by Gasteiger charge is -2.34. The predicted octanol–water partition coefficient (Wildman–Crippen LogP) is 2.40. The molecule has 1 heterocycles. The van der Waals surface area contributed by atoms with Crippen LogP contribution in [0.25, 0.3) is 0 Å². The summed E-state index contributed by atoms with van der Waals surface area (Å²) in [5.41, 5.74) is 1.39. The lowest BCUT2D eigenvalue weighted by molar-refractivity contribution is -0.384. The zero-order valence-corrected chi connectivity index (χ0v) is 10.6. The molecule has 1 saturated heterocycles. The molecule has 0 radical (unpaired) electrons. The molecular formula is C13H19N3O2. The molecule has 5 nitrogen and oxygen atoms in total. The number of benzene rings is 1. The molecule has 2 N–H and O–H groups in total. The third kappa shape index (κ3) is 3.20. The number of hydrogen-bond donors (Lipinski definition) is 2. The van der Waals surface area contributed by atoms with Crippen LogP contribution in [0.2, 0.25) is 0 Å². The molecule has 1 aliphatic rings. The van der Waals surface area contributed by atoms with Crippen molar-refractivity contribution in [1.82, 2.24) is 5.32 Å². The van der Waals surface area contributed by atoms with Crippen LogP contribution < -0.4 is 10.6 Å². The van der Waals surface area contributed by atoms with Gasteiger partial charge < -0.3 is 10.6 Å². The first-order valence-corrected chi connectivity index (χ1v) is 6.28. The number of nitro groups is 1. The minimum absolute atomic E-state index is 0.133. The number of piperidine rings is 1. The van der Waals surface area contributed by atoms with Gasteiger partial charge in [0.2, 0.25) is 0 Å². The van der Waals surface area contributed by atoms with Gasteiger partial charge in [0.05, 0.1) is 4.92 Å². The SMILES string of the molecule is CC1(CNc2ccc([N+](=O)[O-])cc2)CCNCC1. The Kier molecular flexibility index (Phi) is 3.81. The summed E-state index contributed by atoms with van der Waals surface area (Å²) in [4.78, 5) is 10.2. The largest absolute Gasteiger partial charge is 0.384 e. The first kappa shape index (κ1) is 12.8. The Morgan fingerprint density at radius 2 is 1.94 bits per heavy atom. The van der Waals surface area contributed by atoms with Crippen molar-refractivity contribution in [2.24, 2.45) is 5.41 Å². The number of nitro benzene ring substituents is 1. The third-order valence-corrected chi connectivity index (χ3v) is 3.61. The minimum Gasteiger partial charge on any atom is -0.384 e. The second-order valence-electron chi connectivity index (χ2n) is 5.22. The Bertz CT molecular complexity index is 411. The van der Waals surface area contributed by atoms with Crippen molar-refractivity contribution in [2.45, 2.75) is 19.8 Å². The molecule has 1 aromatic carbocycles. The van der Waals surface area contributed by atoms with E-state index in [4.69, 9.17) is 0 Å². The Morgan fingerprint density at radius 3 is 2.50 bits per heavy atom. The van der Waals surface area contributed by atoms with Crippen LogP contribution in [0, 0.1) is 15.5 Å². The molecule has 0 amide bonds. The number of hydrogen-bond acceptors (Lipinski definition) is 4. The first-order chi connectivity index (χ1) is 8.59. The van der Waals surface area contributed by atoms with E-state index in [0.717, 1.165) is 38.2 Å². The van der Waals surface area contributed by atoms with E-state index in [1.165, 1.54) is 12.1 Å². The molecule has 1 aromatic rings. The van der Waals surface area contributed by atoms with Gasteiger partial charge in [-0.25, -0.2) is 0 Å². The zero-order chi connectivity index (χ0) is 13.0. The standard InChI is InChI=1S/C13H19N3O2/c1-13(6-8-14-9-7-13)10-15-11-2-4-12(5-3-11)16(17)18/h2-5,14-15H,6-10H2,1H3. The molecule has 0 aromatic heterocycles. The van der Waals surface area contributed by atoms with Crippen molar-refractivity contribution < 1.29 is 4.92 Å². The van der Waals surface area contributed by atoms with E-state index in [1.54, 1.807) is 12.1 Å². The quantitative estimate of drug-likeness (QED) is 0.635. The summed E-state index contributed by atoms with van der Waals surface area (Å²) in [7, 11) is 0. The van der Waals surface area contributed by atoms with Gasteiger partial charge in [0.15, 0.2) is 0 Å². The summed E-state index contributed by atoms with van der Waals surface area (Å²) < 4.78 is 0. The molecule has 0 spiro atoms. The molecule has 5 heteroatoms. The summed E-state index contributed by atoms with van der Waals surface area (Å²) in [5.74, 6) is 0. The van der Waals surface area contributed by atoms with Crippen LogP contribution in [0.1, 0.15) is 19.8 Å². The molecule has 18 heavy (non-hydrogen) atoms. The molecule has 98 valence electrons. The summed E-state index contributed by atoms with van der Waals surface area (Å²) in [6, 6.07) is 6.60. The molecule has 0 aliphatic carbocycles. The van der Waals surface area contributed by atoms with Gasteiger partial charge >= 0.3 is 0 Å². The van der Waals surface area contributed by atoms with Crippen molar-refractivity contribution in [3.63, 3.8) is 0 Å². The van der Waals surface area contributed by atoms with Gasteiger partial charge in [0.25, 0.3) is 5.69 Å². The highest BCUT2D eigenvalue weighted by molar-refractivity contribution is 5.48. The van der Waals surface area contributed by atoms with Crippen LogP contribution in [-0.4, -0.2) is 24.6 Å². The highest BCUT2D eigenvalue weighted by Crippen LogP contribution is 2.28. The molecule has 0 unspecified atom stereocenters. The topological polar surface area (TPSA) is 67.2 Å². The van der Waals surface area contributed by atoms with Crippen LogP contribution in [0.5, 0.6) is 0 Å². The Balaban J connectivity index is 1.91. The van der Waals surface area contributed by atoms with Gasteiger partial charge in [0, 0.05) is 24.4 Å². The van der Waals surface area contributed by atoms with Crippen LogP contribution in [0.4, 0.5) is 11.4 Å². The van der Waals surface area contributed by atoms with Crippen molar-refractivity contribution in [2.75, 3.05) is 25.0 Å². The van der Waals surface area contributed by atoms with Crippen LogP contribution in [0.3, 0.4) is 0 Å². The average Bonchev–Trinajstić information content (AvgIpc) is 2.38. The average molecular weight is 249 g/mol. The molecule has 2 rings (SSSR count). The molecule has 1 fully saturated rings. The van der Waals surface area contributed by atoms with Gasteiger partial charge in [-0.15, -0.1) is 0 Å². The molecule has 0 bridgehead atoms. The van der Waals surface area contributed by atoms with E-state index in [0.29, 0.717) is 5.41 Å². The number of anilines is 1. The van der Waals surface area contributed by atoms with E-state index >= 15 is 0 Å². The van der Waals surface area contributed by atoms with Crippen LogP contribution in [0.15, 0.2) is 24.3 Å². The smallest absolute Gasteiger partial charge is 0.269 e. The minimum atomic E-state index is -0.377. The van der Waals surface area contributed by atoms with Gasteiger partial charge in [0.1, 0.15) is 0 Å². The fourth-order valence-electron chi connectivity index (χ4n) is 2.22. The highest BCUT2D eigenvalue weighted by atomic mass is 16.6. The number of non-ortho nitro benzene ring substituents is 1. The molecule has 1 aliphatic heterocycles. The predicted molar refractivity (Wildman–Crippen MR) is 71.8 cm³/mol. The maximum Gasteiger partial charge on any atom is 0.269 e. The lowest BCUT2D eigenvalue weighted by atomic mass is 9.81. The maximum absolute atomic E-state index is 10.5. The maximum atomic E-state index is 10.5. The summed E-state index contributed by atoms with van der Waals surface area (Å²) >= 11 is 0. The third-order valence-electron chi connectivity index (χ3n) is 3.61. The molecular weight excluding hydrogens is 230 g/mol. The van der Waals surface area contributed by atoms with Gasteiger partial charge in [-0.1, -0.05) is 6.92 Å². The van der Waals surface area contributed by atoms with E-state index < -0.39 is 0 Å². The summed E-state index contributed by atoms with van der Waals surface area (Å²) in [6.07, 6.45) is 2.32. The highest BCUT2D eigenvalue weighted by Gasteiger charge is 2.26. The second kappa shape index (κ2) is 5.35. The van der Waals surface area contributed by atoms with E-state index in [-0.39, 0.29) is 10.6 Å². The Hall–Kier alpha value is -1.62. The number of rotatable bonds is 4. The Labute approximate surface area is 107 Å². The van der Waals surface area contributed by atoms with Crippen molar-refractivity contribution in [1.29, 1.82) is 0 Å². The molecule has 0 atom stereocenters. The molecule has 0 saturated carbocycles. The Morgan fingerprint density at radius 1 is 1.33 bits per heavy atom. The van der Waals surface area contributed by atoms with Crippen molar-refractivity contribution in [3.8, 4) is 0 Å². The van der Waals surface area contributed by atoms with E-state index in [1.807, 2.05) is 0 Å². The van der Waals surface area contributed by atoms with Crippen molar-refractivity contribution >= 4 is 11.4 Å². The van der Waals surface area contributed by atoms with Crippen LogP contribution in [-0.2, 0) is 0 Å². The van der Waals surface area contributed by atoms with Crippen LogP contribution >= 0.6 is 0 Å². The van der Waals surface area contributed by atoms with Gasteiger partial charge in [-0.05, 0) is 43.5 Å². The fourth-order valence-corrected chi connectivity index (χ4v) is 2.22. The number of nitrogens with one attached hydrogen (secondary N) is 2. The second-order valence-corrected chi connectivity index (χ2v) is 5.22. The van der Waals surface area contributed by atoms with Gasteiger partial charge in [-0.2, -0.15) is 0 Å². The number of nitrogens with zero attached hydrogens (tertiary/aromatic N) is 1. The summed E-state index contributed by atoms with van der Waals surface area (Å²) in [6.45, 7) is 5.33. The van der Waals surface area contributed by atoms with E-state index in [2.05, 4.69) is 17.6 Å². The fraction of sp³-hybridized carbons (Fsp3) is 0.538. The van der Waals surface area contributed by atoms with Gasteiger partial charge in [-0.3, -0.25) is 10.1 Å². The zero-order valence-electron chi connectivity index (χ0n) is 10.6.